The lowest BCUT2D eigenvalue weighted by molar-refractivity contribution is 0.188. The lowest BCUT2D eigenvalue weighted by atomic mass is 10.2. The summed E-state index contributed by atoms with van der Waals surface area (Å²) in [6.07, 6.45) is 3.95. The number of aromatic nitrogens is 2. The molecule has 0 fully saturated rings. The molecule has 120 valence electrons. The zero-order valence-corrected chi connectivity index (χ0v) is 13.5. The fraction of sp³-hybridized carbons (Fsp3) is 0.278. The van der Waals surface area contributed by atoms with Gasteiger partial charge >= 0.3 is 0 Å². The number of fused-ring (bicyclic) bond motifs is 1. The number of nitrogens with one attached hydrogen (secondary N) is 1. The van der Waals surface area contributed by atoms with E-state index < -0.39 is 0 Å². The van der Waals surface area contributed by atoms with Gasteiger partial charge in [-0.3, -0.25) is 4.98 Å². The van der Waals surface area contributed by atoms with E-state index >= 15 is 0 Å². The molecule has 0 unspecified atom stereocenters. The van der Waals surface area contributed by atoms with Crippen molar-refractivity contribution in [2.75, 3.05) is 24.8 Å². The van der Waals surface area contributed by atoms with Gasteiger partial charge in [-0.15, -0.1) is 0 Å². The average Bonchev–Trinajstić information content (AvgIpc) is 2.95. The van der Waals surface area contributed by atoms with Crippen molar-refractivity contribution < 1.29 is 4.74 Å². The van der Waals surface area contributed by atoms with Gasteiger partial charge in [0.2, 0.25) is 0 Å². The van der Waals surface area contributed by atoms with E-state index in [1.165, 1.54) is 0 Å². The van der Waals surface area contributed by atoms with Crippen molar-refractivity contribution in [3.05, 3.63) is 54.0 Å². The number of rotatable bonds is 6. The van der Waals surface area contributed by atoms with Crippen LogP contribution in [0.5, 0.6) is 0 Å². The van der Waals surface area contributed by atoms with Gasteiger partial charge in [-0.1, -0.05) is 6.07 Å². The summed E-state index contributed by atoms with van der Waals surface area (Å²) in [6.45, 7) is 4.18. The van der Waals surface area contributed by atoms with Crippen molar-refractivity contribution >= 4 is 22.3 Å². The summed E-state index contributed by atoms with van der Waals surface area (Å²) in [6, 6.07) is 10.2. The second-order valence-electron chi connectivity index (χ2n) is 5.69. The number of benzene rings is 1. The highest BCUT2D eigenvalue weighted by Gasteiger charge is 2.08. The molecule has 23 heavy (non-hydrogen) atoms. The van der Waals surface area contributed by atoms with Crippen LogP contribution in [0.1, 0.15) is 11.3 Å². The maximum atomic E-state index is 6.03. The number of ether oxygens (including phenoxy) is 1. The van der Waals surface area contributed by atoms with E-state index in [-0.39, 0.29) is 0 Å². The summed E-state index contributed by atoms with van der Waals surface area (Å²) < 4.78 is 7.38. The zero-order valence-electron chi connectivity index (χ0n) is 13.5. The molecule has 0 aliphatic carbocycles. The number of nitrogens with two attached hydrogens (primary N) is 1. The molecule has 0 aliphatic rings. The molecule has 0 amide bonds. The van der Waals surface area contributed by atoms with Gasteiger partial charge in [0.15, 0.2) is 0 Å². The van der Waals surface area contributed by atoms with Gasteiger partial charge in [-0.05, 0) is 36.8 Å². The molecule has 0 atom stereocenters. The second kappa shape index (κ2) is 6.71. The molecule has 0 saturated carbocycles. The Hall–Kier alpha value is -2.53. The van der Waals surface area contributed by atoms with E-state index in [9.17, 15) is 0 Å². The Balaban J connectivity index is 1.88. The Kier molecular flexibility index (Phi) is 4.48. The molecule has 0 saturated heterocycles. The third-order valence-electron chi connectivity index (χ3n) is 3.85. The minimum atomic E-state index is 0.661. The first kappa shape index (κ1) is 15.4. The number of hydrogen-bond acceptors (Lipinski definition) is 4. The van der Waals surface area contributed by atoms with Crippen LogP contribution >= 0.6 is 0 Å². The first-order valence-corrected chi connectivity index (χ1v) is 7.70. The SMILES string of the molecule is COCCn1ccc2cc(N)cc(NCc3ccc(C)cn3)c21. The minimum Gasteiger partial charge on any atom is -0.399 e. The van der Waals surface area contributed by atoms with Crippen LogP contribution in [0.3, 0.4) is 0 Å². The van der Waals surface area contributed by atoms with Gasteiger partial charge in [-0.25, -0.2) is 0 Å². The van der Waals surface area contributed by atoms with Crippen molar-refractivity contribution in [2.45, 2.75) is 20.0 Å². The predicted molar refractivity (Wildman–Crippen MR) is 94.5 cm³/mol. The van der Waals surface area contributed by atoms with Crippen LogP contribution in [-0.4, -0.2) is 23.3 Å². The van der Waals surface area contributed by atoms with Gasteiger partial charge < -0.3 is 20.4 Å². The molecule has 0 aliphatic heterocycles. The van der Waals surface area contributed by atoms with Gasteiger partial charge in [-0.2, -0.15) is 0 Å². The van der Waals surface area contributed by atoms with Crippen molar-refractivity contribution in [3.8, 4) is 0 Å². The summed E-state index contributed by atoms with van der Waals surface area (Å²) in [7, 11) is 1.71. The largest absolute Gasteiger partial charge is 0.399 e. The van der Waals surface area contributed by atoms with Gasteiger partial charge in [0.25, 0.3) is 0 Å². The Morgan fingerprint density at radius 1 is 1.26 bits per heavy atom. The molecule has 1 aromatic carbocycles. The van der Waals surface area contributed by atoms with Crippen LogP contribution in [0.25, 0.3) is 10.9 Å². The lowest BCUT2D eigenvalue weighted by Crippen LogP contribution is -2.07. The highest BCUT2D eigenvalue weighted by molar-refractivity contribution is 5.94. The summed E-state index contributed by atoms with van der Waals surface area (Å²) in [5.74, 6) is 0. The van der Waals surface area contributed by atoms with E-state index in [1.54, 1.807) is 7.11 Å². The average molecular weight is 310 g/mol. The normalized spacial score (nSPS) is 11.0. The summed E-state index contributed by atoms with van der Waals surface area (Å²) in [4.78, 5) is 4.43. The second-order valence-corrected chi connectivity index (χ2v) is 5.69. The van der Waals surface area contributed by atoms with E-state index in [2.05, 4.69) is 33.2 Å². The summed E-state index contributed by atoms with van der Waals surface area (Å²) in [5.41, 5.74) is 11.1. The monoisotopic (exact) mass is 310 g/mol. The third kappa shape index (κ3) is 3.46. The van der Waals surface area contributed by atoms with Crippen molar-refractivity contribution in [1.29, 1.82) is 0 Å². The van der Waals surface area contributed by atoms with Crippen LogP contribution in [-0.2, 0) is 17.8 Å². The maximum Gasteiger partial charge on any atom is 0.0718 e. The highest BCUT2D eigenvalue weighted by atomic mass is 16.5. The van der Waals surface area contributed by atoms with Crippen LogP contribution in [0.4, 0.5) is 11.4 Å². The molecule has 0 radical (unpaired) electrons. The van der Waals surface area contributed by atoms with Gasteiger partial charge in [0.05, 0.1) is 30.0 Å². The molecule has 2 heterocycles. The molecule has 2 aromatic heterocycles. The smallest absolute Gasteiger partial charge is 0.0718 e. The summed E-state index contributed by atoms with van der Waals surface area (Å²) in [5, 5.41) is 4.59. The van der Waals surface area contributed by atoms with E-state index in [0.717, 1.165) is 40.1 Å². The van der Waals surface area contributed by atoms with Crippen molar-refractivity contribution in [3.63, 3.8) is 0 Å². The van der Waals surface area contributed by atoms with Crippen molar-refractivity contribution in [1.82, 2.24) is 9.55 Å². The molecule has 5 heteroatoms. The number of methoxy groups -OCH3 is 1. The van der Waals surface area contributed by atoms with Crippen LogP contribution in [0.15, 0.2) is 42.7 Å². The van der Waals surface area contributed by atoms with E-state index in [1.807, 2.05) is 31.3 Å². The fourth-order valence-electron chi connectivity index (χ4n) is 2.67. The van der Waals surface area contributed by atoms with E-state index in [4.69, 9.17) is 10.5 Å². The Bertz CT molecular complexity index is 793. The topological polar surface area (TPSA) is 65.1 Å². The standard InChI is InChI=1S/C18H22N4O/c1-13-3-4-16(20-11-13)12-21-17-10-15(19)9-14-5-6-22(18(14)17)7-8-23-2/h3-6,9-11,21H,7-8,12,19H2,1-2H3. The quantitative estimate of drug-likeness (QED) is 0.686. The Morgan fingerprint density at radius 2 is 2.13 bits per heavy atom. The van der Waals surface area contributed by atoms with Gasteiger partial charge in [0.1, 0.15) is 0 Å². The maximum absolute atomic E-state index is 6.03. The lowest BCUT2D eigenvalue weighted by Gasteiger charge is -2.13. The third-order valence-corrected chi connectivity index (χ3v) is 3.85. The molecule has 0 bridgehead atoms. The molecular formula is C18H22N4O. The molecule has 3 rings (SSSR count). The van der Waals surface area contributed by atoms with Crippen LogP contribution < -0.4 is 11.1 Å². The number of anilines is 2. The zero-order chi connectivity index (χ0) is 16.2. The minimum absolute atomic E-state index is 0.661. The number of hydrogen-bond donors (Lipinski definition) is 2. The molecule has 3 N–H and O–H groups in total. The number of nitrogens with zero attached hydrogens (tertiary/aromatic N) is 2. The highest BCUT2D eigenvalue weighted by Crippen LogP contribution is 2.28. The first-order chi connectivity index (χ1) is 11.2. The molecular weight excluding hydrogens is 288 g/mol. The number of nitrogen functional groups attached to an aromatic ring is 1. The van der Waals surface area contributed by atoms with Gasteiger partial charge in [0, 0.05) is 37.1 Å². The van der Waals surface area contributed by atoms with Crippen LogP contribution in [0, 0.1) is 6.92 Å². The van der Waals surface area contributed by atoms with E-state index in [0.29, 0.717) is 13.2 Å². The molecule has 3 aromatic rings. The fourth-order valence-corrected chi connectivity index (χ4v) is 2.67. The Labute approximate surface area is 136 Å². The number of pyridine rings is 1. The molecule has 0 spiro atoms. The first-order valence-electron chi connectivity index (χ1n) is 7.70. The number of aryl methyl sites for hydroxylation is 1. The van der Waals surface area contributed by atoms with Crippen molar-refractivity contribution in [2.24, 2.45) is 0 Å². The summed E-state index contributed by atoms with van der Waals surface area (Å²) >= 11 is 0. The predicted octanol–water partition coefficient (Wildman–Crippen LogP) is 3.19. The van der Waals surface area contributed by atoms with Crippen LogP contribution in [0.2, 0.25) is 0 Å². The molecule has 5 nitrogen and oxygen atoms in total. The Morgan fingerprint density at radius 3 is 2.87 bits per heavy atom.